The Kier molecular flexibility index (Phi) is 7.29. The van der Waals surface area contributed by atoms with E-state index in [1.807, 2.05) is 60.3 Å². The molecule has 0 spiro atoms. The van der Waals surface area contributed by atoms with Gasteiger partial charge in [-0.25, -0.2) is 5.43 Å². The lowest BCUT2D eigenvalue weighted by Crippen LogP contribution is -2.30. The maximum absolute atomic E-state index is 11.8. The molecule has 0 unspecified atom stereocenters. The van der Waals surface area contributed by atoms with Crippen LogP contribution in [-0.2, 0) is 10.5 Å². The van der Waals surface area contributed by atoms with Crippen LogP contribution in [0.1, 0.15) is 11.1 Å². The Morgan fingerprint density at radius 1 is 1.31 bits per heavy atom. The number of nitrogens with one attached hydrogen (secondary N) is 1. The number of ether oxygens (including phenoxy) is 1. The van der Waals surface area contributed by atoms with Gasteiger partial charge < -0.3 is 4.74 Å². The van der Waals surface area contributed by atoms with Crippen molar-refractivity contribution in [3.8, 4) is 5.75 Å². The van der Waals surface area contributed by atoms with Gasteiger partial charge in [-0.15, -0.1) is 11.8 Å². The Bertz CT molecular complexity index is 764. The number of hydrogen-bond acceptors (Lipinski definition) is 5. The molecule has 0 saturated carbocycles. The zero-order valence-electron chi connectivity index (χ0n) is 14.1. The SMILES string of the molecule is O=C(CSCc1cccc(Cl)c1)NN=Cc1ccc(OC2CSC2)cc1. The highest BCUT2D eigenvalue weighted by Crippen LogP contribution is 2.23. The van der Waals surface area contributed by atoms with E-state index in [2.05, 4.69) is 10.5 Å². The van der Waals surface area contributed by atoms with E-state index >= 15 is 0 Å². The van der Waals surface area contributed by atoms with Crippen LogP contribution in [0, 0.1) is 0 Å². The third-order valence-corrected chi connectivity index (χ3v) is 6.04. The molecule has 1 saturated heterocycles. The van der Waals surface area contributed by atoms with Crippen LogP contribution >= 0.6 is 35.1 Å². The molecule has 4 nitrogen and oxygen atoms in total. The number of carbonyl (C=O) groups excluding carboxylic acids is 1. The summed E-state index contributed by atoms with van der Waals surface area (Å²) in [7, 11) is 0. The van der Waals surface area contributed by atoms with Crippen molar-refractivity contribution in [1.82, 2.24) is 5.43 Å². The lowest BCUT2D eigenvalue weighted by atomic mass is 10.2. The Hall–Kier alpha value is -1.63. The molecular formula is C19H19ClN2O2S2. The van der Waals surface area contributed by atoms with Crippen LogP contribution in [0.5, 0.6) is 5.75 Å². The molecule has 0 bridgehead atoms. The maximum Gasteiger partial charge on any atom is 0.250 e. The Labute approximate surface area is 166 Å². The van der Waals surface area contributed by atoms with Gasteiger partial charge in [-0.1, -0.05) is 23.7 Å². The largest absolute Gasteiger partial charge is 0.489 e. The monoisotopic (exact) mass is 406 g/mol. The van der Waals surface area contributed by atoms with E-state index in [0.29, 0.717) is 16.9 Å². The van der Waals surface area contributed by atoms with Gasteiger partial charge in [0.05, 0.1) is 12.0 Å². The van der Waals surface area contributed by atoms with E-state index in [0.717, 1.165) is 34.1 Å². The molecule has 1 aliphatic rings. The van der Waals surface area contributed by atoms with Crippen molar-refractivity contribution in [2.75, 3.05) is 17.3 Å². The number of carbonyl (C=O) groups is 1. The van der Waals surface area contributed by atoms with E-state index in [1.54, 1.807) is 6.21 Å². The second kappa shape index (κ2) is 9.90. The minimum Gasteiger partial charge on any atom is -0.489 e. The summed E-state index contributed by atoms with van der Waals surface area (Å²) in [6.45, 7) is 0. The summed E-state index contributed by atoms with van der Waals surface area (Å²) in [5, 5.41) is 4.70. The van der Waals surface area contributed by atoms with Crippen LogP contribution in [0.4, 0.5) is 0 Å². The van der Waals surface area contributed by atoms with Crippen molar-refractivity contribution in [2.24, 2.45) is 5.10 Å². The first kappa shape index (κ1) is 19.1. The molecule has 1 N–H and O–H groups in total. The first-order chi connectivity index (χ1) is 12.7. The van der Waals surface area contributed by atoms with Crippen molar-refractivity contribution >= 4 is 47.2 Å². The van der Waals surface area contributed by atoms with Crippen LogP contribution in [-0.4, -0.2) is 35.5 Å². The fourth-order valence-corrected chi connectivity index (χ4v) is 3.75. The normalized spacial score (nSPS) is 14.2. The standard InChI is InChI=1S/C19H19ClN2O2S2/c20-16-3-1-2-15(8-16)10-25-13-19(23)22-21-9-14-4-6-17(7-5-14)24-18-11-26-12-18/h1-9,18H,10-13H2,(H,22,23). The predicted octanol–water partition coefficient (Wildman–Crippen LogP) is 4.22. The third kappa shape index (κ3) is 6.27. The van der Waals surface area contributed by atoms with E-state index in [-0.39, 0.29) is 5.91 Å². The molecular weight excluding hydrogens is 388 g/mol. The van der Waals surface area contributed by atoms with Gasteiger partial charge in [0.15, 0.2) is 0 Å². The Balaban J connectivity index is 1.36. The second-order valence-electron chi connectivity index (χ2n) is 5.76. The molecule has 1 heterocycles. The van der Waals surface area contributed by atoms with Gasteiger partial charge >= 0.3 is 0 Å². The molecule has 0 atom stereocenters. The van der Waals surface area contributed by atoms with Crippen molar-refractivity contribution in [1.29, 1.82) is 0 Å². The van der Waals surface area contributed by atoms with Gasteiger partial charge in [0.1, 0.15) is 11.9 Å². The average molecular weight is 407 g/mol. The van der Waals surface area contributed by atoms with Crippen molar-refractivity contribution in [3.63, 3.8) is 0 Å². The summed E-state index contributed by atoms with van der Waals surface area (Å²) in [6, 6.07) is 15.3. The van der Waals surface area contributed by atoms with Crippen molar-refractivity contribution < 1.29 is 9.53 Å². The molecule has 1 aliphatic heterocycles. The molecule has 2 aromatic rings. The fraction of sp³-hybridized carbons (Fsp3) is 0.263. The Morgan fingerprint density at radius 3 is 2.81 bits per heavy atom. The van der Waals surface area contributed by atoms with Gasteiger partial charge in [0, 0.05) is 22.3 Å². The Morgan fingerprint density at radius 2 is 2.12 bits per heavy atom. The molecule has 3 rings (SSSR count). The molecule has 0 aromatic heterocycles. The fourth-order valence-electron chi connectivity index (χ4n) is 2.21. The number of nitrogens with zero attached hydrogens (tertiary/aromatic N) is 1. The van der Waals surface area contributed by atoms with Crippen LogP contribution in [0.15, 0.2) is 53.6 Å². The molecule has 1 amide bonds. The van der Waals surface area contributed by atoms with Gasteiger partial charge in [-0.3, -0.25) is 4.79 Å². The molecule has 0 aliphatic carbocycles. The molecule has 2 aromatic carbocycles. The number of hydrazone groups is 1. The first-order valence-electron chi connectivity index (χ1n) is 8.17. The molecule has 7 heteroatoms. The van der Waals surface area contributed by atoms with Crippen LogP contribution in [0.2, 0.25) is 5.02 Å². The minimum atomic E-state index is -0.129. The predicted molar refractivity (Wildman–Crippen MR) is 112 cm³/mol. The summed E-state index contributed by atoms with van der Waals surface area (Å²) in [5.41, 5.74) is 4.55. The highest BCUT2D eigenvalue weighted by molar-refractivity contribution is 8.00. The molecule has 1 fully saturated rings. The van der Waals surface area contributed by atoms with E-state index < -0.39 is 0 Å². The lowest BCUT2D eigenvalue weighted by molar-refractivity contribution is -0.118. The van der Waals surface area contributed by atoms with Crippen molar-refractivity contribution in [3.05, 3.63) is 64.7 Å². The first-order valence-corrected chi connectivity index (χ1v) is 10.9. The average Bonchev–Trinajstić information content (AvgIpc) is 2.59. The van der Waals surface area contributed by atoms with Gasteiger partial charge in [0.25, 0.3) is 0 Å². The van der Waals surface area contributed by atoms with Crippen molar-refractivity contribution in [2.45, 2.75) is 11.9 Å². The summed E-state index contributed by atoms with van der Waals surface area (Å²) >= 11 is 9.36. The quantitative estimate of drug-likeness (QED) is 0.526. The van der Waals surface area contributed by atoms with Gasteiger partial charge in [-0.2, -0.15) is 16.9 Å². The smallest absolute Gasteiger partial charge is 0.250 e. The summed E-state index contributed by atoms with van der Waals surface area (Å²) < 4.78 is 5.79. The number of benzene rings is 2. The minimum absolute atomic E-state index is 0.129. The number of thioether (sulfide) groups is 2. The molecule has 136 valence electrons. The van der Waals surface area contributed by atoms with Crippen LogP contribution in [0.3, 0.4) is 0 Å². The lowest BCUT2D eigenvalue weighted by Gasteiger charge is -2.25. The molecule has 26 heavy (non-hydrogen) atoms. The maximum atomic E-state index is 11.8. The number of amides is 1. The molecule has 0 radical (unpaired) electrons. The summed E-state index contributed by atoms with van der Waals surface area (Å²) in [5.74, 6) is 3.94. The summed E-state index contributed by atoms with van der Waals surface area (Å²) in [4.78, 5) is 11.8. The van der Waals surface area contributed by atoms with Gasteiger partial charge in [0.2, 0.25) is 5.91 Å². The number of halogens is 1. The van der Waals surface area contributed by atoms with E-state index in [1.165, 1.54) is 11.8 Å². The summed E-state index contributed by atoms with van der Waals surface area (Å²) in [6.07, 6.45) is 1.96. The van der Waals surface area contributed by atoms with E-state index in [9.17, 15) is 4.79 Å². The van der Waals surface area contributed by atoms with Crippen LogP contribution < -0.4 is 10.2 Å². The zero-order chi connectivity index (χ0) is 18.2. The highest BCUT2D eigenvalue weighted by Gasteiger charge is 2.19. The van der Waals surface area contributed by atoms with Crippen LogP contribution in [0.25, 0.3) is 0 Å². The topological polar surface area (TPSA) is 50.7 Å². The number of hydrogen-bond donors (Lipinski definition) is 1. The number of rotatable bonds is 8. The van der Waals surface area contributed by atoms with Gasteiger partial charge in [-0.05, 0) is 47.5 Å². The zero-order valence-corrected chi connectivity index (χ0v) is 16.4. The van der Waals surface area contributed by atoms with E-state index in [4.69, 9.17) is 16.3 Å². The highest BCUT2D eigenvalue weighted by atomic mass is 35.5. The third-order valence-electron chi connectivity index (χ3n) is 3.58. The second-order valence-corrected chi connectivity index (χ2v) is 8.26.